The van der Waals surface area contributed by atoms with Gasteiger partial charge in [0.25, 0.3) is 5.91 Å². The van der Waals surface area contributed by atoms with Crippen LogP contribution in [0.15, 0.2) is 29.2 Å². The molecule has 6 nitrogen and oxygen atoms in total. The molecule has 1 aromatic carbocycles. The molecule has 26 heavy (non-hydrogen) atoms. The average molecular weight is 383 g/mol. The first-order valence-corrected chi connectivity index (χ1v) is 11.0. The zero-order valence-corrected chi connectivity index (χ0v) is 16.3. The van der Waals surface area contributed by atoms with Crippen molar-refractivity contribution in [2.45, 2.75) is 69.2 Å². The van der Waals surface area contributed by atoms with Gasteiger partial charge in [-0.15, -0.1) is 0 Å². The van der Waals surface area contributed by atoms with Gasteiger partial charge in [0.2, 0.25) is 10.0 Å². The van der Waals surface area contributed by atoms with E-state index in [1.807, 2.05) is 6.92 Å². The first kappa shape index (κ1) is 20.7. The molecule has 1 aliphatic rings. The summed E-state index contributed by atoms with van der Waals surface area (Å²) in [6, 6.07) is 6.36. The maximum atomic E-state index is 12.1. The van der Waals surface area contributed by atoms with Gasteiger partial charge in [0.15, 0.2) is 6.61 Å². The van der Waals surface area contributed by atoms with E-state index in [0.29, 0.717) is 12.3 Å². The second-order valence-corrected chi connectivity index (χ2v) is 8.53. The van der Waals surface area contributed by atoms with Crippen LogP contribution < -0.4 is 14.8 Å². The standard InChI is InChI=1S/C19H30N2O4S/c1-2-14-20-26(23,24)18-12-10-17(11-13-18)25-15-19(22)21-16-8-6-4-3-5-7-9-16/h10-13,16,20H,2-9,14-15H2,1H3,(H,21,22). The van der Waals surface area contributed by atoms with Gasteiger partial charge in [0.05, 0.1) is 4.90 Å². The Morgan fingerprint density at radius 3 is 2.31 bits per heavy atom. The Kier molecular flexibility index (Phi) is 8.38. The van der Waals surface area contributed by atoms with Crippen LogP contribution in [0.3, 0.4) is 0 Å². The third-order valence-corrected chi connectivity index (χ3v) is 5.99. The van der Waals surface area contributed by atoms with Crippen LogP contribution in [0.4, 0.5) is 0 Å². The van der Waals surface area contributed by atoms with Crippen LogP contribution in [-0.2, 0) is 14.8 Å². The number of rotatable bonds is 8. The molecule has 0 atom stereocenters. The molecule has 0 spiro atoms. The Morgan fingerprint density at radius 2 is 1.69 bits per heavy atom. The molecule has 1 saturated carbocycles. The molecule has 146 valence electrons. The van der Waals surface area contributed by atoms with Crippen LogP contribution in [-0.4, -0.2) is 33.5 Å². The van der Waals surface area contributed by atoms with Crippen LogP contribution in [0.5, 0.6) is 5.75 Å². The maximum absolute atomic E-state index is 12.1. The average Bonchev–Trinajstić information content (AvgIpc) is 2.61. The quantitative estimate of drug-likeness (QED) is 0.724. The molecule has 1 aromatic rings. The van der Waals surface area contributed by atoms with E-state index in [2.05, 4.69) is 10.0 Å². The van der Waals surface area contributed by atoms with E-state index in [9.17, 15) is 13.2 Å². The third kappa shape index (κ3) is 6.96. The maximum Gasteiger partial charge on any atom is 0.258 e. The molecule has 0 saturated heterocycles. The summed E-state index contributed by atoms with van der Waals surface area (Å²) in [6.45, 7) is 2.25. The number of amides is 1. The SMILES string of the molecule is CCCNS(=O)(=O)c1ccc(OCC(=O)NC2CCCCCCC2)cc1. The van der Waals surface area contributed by atoms with E-state index in [-0.39, 0.29) is 23.5 Å². The Hall–Kier alpha value is -1.60. The van der Waals surface area contributed by atoms with Crippen LogP contribution in [0.2, 0.25) is 0 Å². The summed E-state index contributed by atoms with van der Waals surface area (Å²) in [5.41, 5.74) is 0. The summed E-state index contributed by atoms with van der Waals surface area (Å²) in [6.07, 6.45) is 8.89. The van der Waals surface area contributed by atoms with Crippen molar-refractivity contribution < 1.29 is 17.9 Å². The monoisotopic (exact) mass is 382 g/mol. The van der Waals surface area contributed by atoms with E-state index in [0.717, 1.165) is 32.1 Å². The summed E-state index contributed by atoms with van der Waals surface area (Å²) in [5, 5.41) is 3.05. The van der Waals surface area contributed by atoms with Gasteiger partial charge in [-0.3, -0.25) is 4.79 Å². The van der Waals surface area contributed by atoms with E-state index in [1.54, 1.807) is 12.1 Å². The molecule has 0 aliphatic heterocycles. The van der Waals surface area contributed by atoms with Gasteiger partial charge in [0.1, 0.15) is 5.75 Å². The van der Waals surface area contributed by atoms with Crippen LogP contribution in [0, 0.1) is 0 Å². The van der Waals surface area contributed by atoms with Crippen molar-refractivity contribution in [3.63, 3.8) is 0 Å². The second-order valence-electron chi connectivity index (χ2n) is 6.77. The van der Waals surface area contributed by atoms with Crippen molar-refractivity contribution in [1.82, 2.24) is 10.0 Å². The summed E-state index contributed by atoms with van der Waals surface area (Å²) in [7, 11) is -3.48. The lowest BCUT2D eigenvalue weighted by Gasteiger charge is -2.21. The molecule has 1 fully saturated rings. The highest BCUT2D eigenvalue weighted by molar-refractivity contribution is 7.89. The van der Waals surface area contributed by atoms with E-state index < -0.39 is 10.0 Å². The van der Waals surface area contributed by atoms with E-state index >= 15 is 0 Å². The summed E-state index contributed by atoms with van der Waals surface area (Å²) in [4.78, 5) is 12.3. The minimum Gasteiger partial charge on any atom is -0.484 e. The molecule has 2 rings (SSSR count). The third-order valence-electron chi connectivity index (χ3n) is 4.52. The fourth-order valence-corrected chi connectivity index (χ4v) is 4.19. The number of carbonyl (C=O) groups excluding carboxylic acids is 1. The number of ether oxygens (including phenoxy) is 1. The molecule has 1 amide bonds. The molecule has 0 unspecified atom stereocenters. The Bertz CT molecular complexity index is 651. The van der Waals surface area contributed by atoms with Crippen LogP contribution >= 0.6 is 0 Å². The lowest BCUT2D eigenvalue weighted by molar-refractivity contribution is -0.123. The zero-order valence-electron chi connectivity index (χ0n) is 15.5. The van der Waals surface area contributed by atoms with Gasteiger partial charge in [-0.05, 0) is 43.5 Å². The molecule has 0 bridgehead atoms. The number of benzene rings is 1. The van der Waals surface area contributed by atoms with Gasteiger partial charge in [-0.1, -0.05) is 39.0 Å². The lowest BCUT2D eigenvalue weighted by atomic mass is 9.97. The first-order chi connectivity index (χ1) is 12.5. The molecule has 0 aromatic heterocycles. The number of hydrogen-bond donors (Lipinski definition) is 2. The molecule has 0 radical (unpaired) electrons. The van der Waals surface area contributed by atoms with Gasteiger partial charge >= 0.3 is 0 Å². The van der Waals surface area contributed by atoms with Gasteiger partial charge in [-0.2, -0.15) is 0 Å². The predicted molar refractivity (Wildman–Crippen MR) is 102 cm³/mol. The number of nitrogens with one attached hydrogen (secondary N) is 2. The van der Waals surface area contributed by atoms with Gasteiger partial charge in [-0.25, -0.2) is 13.1 Å². The van der Waals surface area contributed by atoms with Gasteiger partial charge in [0, 0.05) is 12.6 Å². The Balaban J connectivity index is 1.80. The van der Waals surface area contributed by atoms with E-state index in [1.165, 1.54) is 31.4 Å². The molecule has 0 heterocycles. The minimum absolute atomic E-state index is 0.0588. The van der Waals surface area contributed by atoms with Crippen molar-refractivity contribution in [2.24, 2.45) is 0 Å². The van der Waals surface area contributed by atoms with Crippen molar-refractivity contribution in [3.8, 4) is 5.75 Å². The molecule has 2 N–H and O–H groups in total. The van der Waals surface area contributed by atoms with Crippen LogP contribution in [0.25, 0.3) is 0 Å². The fraction of sp³-hybridized carbons (Fsp3) is 0.632. The summed E-state index contributed by atoms with van der Waals surface area (Å²) in [5.74, 6) is 0.351. The number of carbonyl (C=O) groups is 1. The molecule has 1 aliphatic carbocycles. The lowest BCUT2D eigenvalue weighted by Crippen LogP contribution is -2.38. The molecular weight excluding hydrogens is 352 g/mol. The second kappa shape index (κ2) is 10.5. The van der Waals surface area contributed by atoms with E-state index in [4.69, 9.17) is 4.74 Å². The number of hydrogen-bond acceptors (Lipinski definition) is 4. The van der Waals surface area contributed by atoms with Crippen molar-refractivity contribution in [1.29, 1.82) is 0 Å². The topological polar surface area (TPSA) is 84.5 Å². The molecular formula is C19H30N2O4S. The Labute approximate surface area is 156 Å². The van der Waals surface area contributed by atoms with Crippen LogP contribution in [0.1, 0.15) is 58.3 Å². The number of sulfonamides is 1. The molecule has 7 heteroatoms. The Morgan fingerprint density at radius 1 is 1.08 bits per heavy atom. The highest BCUT2D eigenvalue weighted by Crippen LogP contribution is 2.18. The van der Waals surface area contributed by atoms with Crippen molar-refractivity contribution in [2.75, 3.05) is 13.2 Å². The smallest absolute Gasteiger partial charge is 0.258 e. The van der Waals surface area contributed by atoms with Crippen molar-refractivity contribution >= 4 is 15.9 Å². The largest absolute Gasteiger partial charge is 0.484 e. The van der Waals surface area contributed by atoms with Crippen molar-refractivity contribution in [3.05, 3.63) is 24.3 Å². The summed E-state index contributed by atoms with van der Waals surface area (Å²) < 4.78 is 32.1. The highest BCUT2D eigenvalue weighted by Gasteiger charge is 2.15. The predicted octanol–water partition coefficient (Wildman–Crippen LogP) is 2.98. The summed E-state index contributed by atoms with van der Waals surface area (Å²) >= 11 is 0. The fourth-order valence-electron chi connectivity index (χ4n) is 3.05. The first-order valence-electron chi connectivity index (χ1n) is 9.53. The van der Waals surface area contributed by atoms with Gasteiger partial charge < -0.3 is 10.1 Å². The normalized spacial score (nSPS) is 16.5. The highest BCUT2D eigenvalue weighted by atomic mass is 32.2. The zero-order chi connectivity index (χ0) is 18.8. The minimum atomic E-state index is -3.48.